The molecule has 1 unspecified atom stereocenters. The zero-order chi connectivity index (χ0) is 19.8. The van der Waals surface area contributed by atoms with Gasteiger partial charge >= 0.3 is 0 Å². The minimum Gasteiger partial charge on any atom is -0.493 e. The Morgan fingerprint density at radius 2 is 2.00 bits per heavy atom. The second-order valence-electron chi connectivity index (χ2n) is 6.85. The van der Waals surface area contributed by atoms with Gasteiger partial charge in [-0.25, -0.2) is 0 Å². The number of hydrogen-bond donors (Lipinski definition) is 2. The topological polar surface area (TPSA) is 87.7 Å². The maximum atomic E-state index is 13.0. The lowest BCUT2D eigenvalue weighted by Gasteiger charge is -2.25. The first kappa shape index (κ1) is 20.7. The van der Waals surface area contributed by atoms with Crippen molar-refractivity contribution in [1.29, 1.82) is 0 Å². The van der Waals surface area contributed by atoms with Crippen LogP contribution in [-0.4, -0.2) is 54.4 Å². The van der Waals surface area contributed by atoms with E-state index in [9.17, 15) is 14.4 Å². The Bertz CT molecular complexity index is 675. The fraction of sp³-hybridized carbons (Fsp3) is 0.550. The Hall–Kier alpha value is -2.57. The molecule has 148 valence electrons. The van der Waals surface area contributed by atoms with Gasteiger partial charge < -0.3 is 20.3 Å². The molecule has 1 aromatic rings. The second kappa shape index (κ2) is 9.94. The highest BCUT2D eigenvalue weighted by atomic mass is 16.5. The van der Waals surface area contributed by atoms with E-state index < -0.39 is 6.04 Å². The van der Waals surface area contributed by atoms with E-state index in [2.05, 4.69) is 10.6 Å². The summed E-state index contributed by atoms with van der Waals surface area (Å²) in [6.45, 7) is 6.89. The number of ether oxygens (including phenoxy) is 1. The van der Waals surface area contributed by atoms with Crippen molar-refractivity contribution in [1.82, 2.24) is 15.5 Å². The standard InChI is InChI=1S/C20H29N3O4/c1-4-27-17-10-6-5-8-15(17)20(26)23-13-7-9-16(23)19(25)21-12-11-18(24)22-14(2)3/h5-6,8,10,14,16H,4,7,9,11-13H2,1-3H3,(H,21,25)(H,22,24). The number of carbonyl (C=O) groups is 3. The lowest BCUT2D eigenvalue weighted by molar-refractivity contribution is -0.125. The first-order chi connectivity index (χ1) is 12.9. The average molecular weight is 375 g/mol. The average Bonchev–Trinajstić information content (AvgIpc) is 3.11. The van der Waals surface area contributed by atoms with Gasteiger partial charge in [0.25, 0.3) is 5.91 Å². The number of carbonyl (C=O) groups excluding carboxylic acids is 3. The van der Waals surface area contributed by atoms with Crippen molar-refractivity contribution >= 4 is 17.7 Å². The number of nitrogens with zero attached hydrogens (tertiary/aromatic N) is 1. The van der Waals surface area contributed by atoms with Crippen molar-refractivity contribution in [3.63, 3.8) is 0 Å². The van der Waals surface area contributed by atoms with Crippen LogP contribution in [0.5, 0.6) is 5.75 Å². The number of nitrogens with one attached hydrogen (secondary N) is 2. The molecule has 0 spiro atoms. The molecule has 1 aromatic carbocycles. The SMILES string of the molecule is CCOc1ccccc1C(=O)N1CCCC1C(=O)NCCC(=O)NC(C)C. The molecule has 0 bridgehead atoms. The van der Waals surface area contributed by atoms with E-state index in [0.717, 1.165) is 6.42 Å². The van der Waals surface area contributed by atoms with Crippen molar-refractivity contribution in [2.75, 3.05) is 19.7 Å². The van der Waals surface area contributed by atoms with E-state index in [-0.39, 0.29) is 36.7 Å². The molecular formula is C20H29N3O4. The molecule has 1 aliphatic rings. The molecule has 7 nitrogen and oxygen atoms in total. The van der Waals surface area contributed by atoms with Crippen LogP contribution in [0.4, 0.5) is 0 Å². The van der Waals surface area contributed by atoms with Crippen LogP contribution in [0.25, 0.3) is 0 Å². The summed E-state index contributed by atoms with van der Waals surface area (Å²) in [7, 11) is 0. The molecule has 0 aromatic heterocycles. The van der Waals surface area contributed by atoms with Crippen molar-refractivity contribution in [2.45, 2.75) is 52.1 Å². The molecule has 0 aliphatic carbocycles. The number of benzene rings is 1. The number of amides is 3. The van der Waals surface area contributed by atoms with E-state index in [0.29, 0.717) is 30.9 Å². The predicted octanol–water partition coefficient (Wildman–Crippen LogP) is 1.72. The number of rotatable bonds is 8. The number of hydrogen-bond acceptors (Lipinski definition) is 4. The van der Waals surface area contributed by atoms with E-state index in [1.54, 1.807) is 23.1 Å². The highest BCUT2D eigenvalue weighted by Crippen LogP contribution is 2.25. The minimum atomic E-state index is -0.514. The van der Waals surface area contributed by atoms with Crippen molar-refractivity contribution < 1.29 is 19.1 Å². The molecule has 1 fully saturated rings. The fourth-order valence-corrected chi connectivity index (χ4v) is 3.17. The second-order valence-corrected chi connectivity index (χ2v) is 6.85. The Kier molecular flexibility index (Phi) is 7.64. The van der Waals surface area contributed by atoms with Gasteiger partial charge in [0.2, 0.25) is 11.8 Å². The number of para-hydroxylation sites is 1. The van der Waals surface area contributed by atoms with Crippen molar-refractivity contribution in [2.24, 2.45) is 0 Å². The van der Waals surface area contributed by atoms with Crippen LogP contribution in [0.3, 0.4) is 0 Å². The van der Waals surface area contributed by atoms with E-state index >= 15 is 0 Å². The van der Waals surface area contributed by atoms with Gasteiger partial charge in [-0.1, -0.05) is 12.1 Å². The maximum absolute atomic E-state index is 13.0. The quantitative estimate of drug-likeness (QED) is 0.724. The monoisotopic (exact) mass is 375 g/mol. The van der Waals surface area contributed by atoms with Gasteiger partial charge in [0, 0.05) is 25.6 Å². The van der Waals surface area contributed by atoms with Crippen LogP contribution in [0.1, 0.15) is 50.4 Å². The van der Waals surface area contributed by atoms with Crippen molar-refractivity contribution in [3.8, 4) is 5.75 Å². The molecule has 1 aliphatic heterocycles. The van der Waals surface area contributed by atoms with Gasteiger partial charge in [-0.15, -0.1) is 0 Å². The zero-order valence-electron chi connectivity index (χ0n) is 16.3. The molecule has 0 radical (unpaired) electrons. The summed E-state index contributed by atoms with van der Waals surface area (Å²) in [5.41, 5.74) is 0.468. The third kappa shape index (κ3) is 5.70. The lowest BCUT2D eigenvalue weighted by atomic mass is 10.1. The first-order valence-electron chi connectivity index (χ1n) is 9.54. The summed E-state index contributed by atoms with van der Waals surface area (Å²) in [5, 5.41) is 5.56. The highest BCUT2D eigenvalue weighted by molar-refractivity contribution is 6.00. The van der Waals surface area contributed by atoms with Gasteiger partial charge in [0.05, 0.1) is 12.2 Å². The lowest BCUT2D eigenvalue weighted by Crippen LogP contribution is -2.46. The normalized spacial score (nSPS) is 16.3. The smallest absolute Gasteiger partial charge is 0.258 e. The Morgan fingerprint density at radius 3 is 2.70 bits per heavy atom. The van der Waals surface area contributed by atoms with E-state index in [4.69, 9.17) is 4.74 Å². The number of likely N-dealkylation sites (tertiary alicyclic amines) is 1. The van der Waals surface area contributed by atoms with Crippen LogP contribution >= 0.6 is 0 Å². The summed E-state index contributed by atoms with van der Waals surface area (Å²) in [6, 6.07) is 6.64. The zero-order valence-corrected chi connectivity index (χ0v) is 16.3. The molecule has 7 heteroatoms. The molecule has 2 rings (SSSR count). The van der Waals surface area contributed by atoms with Crippen LogP contribution in [0.2, 0.25) is 0 Å². The van der Waals surface area contributed by atoms with E-state index in [1.807, 2.05) is 26.8 Å². The maximum Gasteiger partial charge on any atom is 0.258 e. The third-order valence-corrected chi connectivity index (χ3v) is 4.33. The summed E-state index contributed by atoms with van der Waals surface area (Å²) in [6.07, 6.45) is 1.61. The van der Waals surface area contributed by atoms with Gasteiger partial charge in [0.1, 0.15) is 11.8 Å². The predicted molar refractivity (Wildman–Crippen MR) is 103 cm³/mol. The van der Waals surface area contributed by atoms with Crippen molar-refractivity contribution in [3.05, 3.63) is 29.8 Å². The molecule has 3 amide bonds. The first-order valence-corrected chi connectivity index (χ1v) is 9.54. The highest BCUT2D eigenvalue weighted by Gasteiger charge is 2.35. The molecule has 1 heterocycles. The summed E-state index contributed by atoms with van der Waals surface area (Å²) in [4.78, 5) is 38.8. The molecule has 0 saturated carbocycles. The Morgan fingerprint density at radius 1 is 1.26 bits per heavy atom. The van der Waals surface area contributed by atoms with Crippen LogP contribution in [0.15, 0.2) is 24.3 Å². The minimum absolute atomic E-state index is 0.0709. The Labute approximate surface area is 160 Å². The molecule has 1 saturated heterocycles. The molecular weight excluding hydrogens is 346 g/mol. The third-order valence-electron chi connectivity index (χ3n) is 4.33. The van der Waals surface area contributed by atoms with Crippen LogP contribution < -0.4 is 15.4 Å². The van der Waals surface area contributed by atoms with Crippen LogP contribution in [0, 0.1) is 0 Å². The molecule has 27 heavy (non-hydrogen) atoms. The molecule has 1 atom stereocenters. The van der Waals surface area contributed by atoms with E-state index in [1.165, 1.54) is 0 Å². The fourth-order valence-electron chi connectivity index (χ4n) is 3.17. The summed E-state index contributed by atoms with van der Waals surface area (Å²) < 4.78 is 5.54. The van der Waals surface area contributed by atoms with Gasteiger partial charge in [0.15, 0.2) is 0 Å². The summed E-state index contributed by atoms with van der Waals surface area (Å²) >= 11 is 0. The van der Waals surface area contributed by atoms with Crippen LogP contribution in [-0.2, 0) is 9.59 Å². The summed E-state index contributed by atoms with van der Waals surface area (Å²) in [5.74, 6) is 0.0121. The Balaban J connectivity index is 1.97. The van der Waals surface area contributed by atoms with Gasteiger partial charge in [-0.3, -0.25) is 14.4 Å². The van der Waals surface area contributed by atoms with Gasteiger partial charge in [-0.2, -0.15) is 0 Å². The van der Waals surface area contributed by atoms with Gasteiger partial charge in [-0.05, 0) is 45.7 Å². The largest absolute Gasteiger partial charge is 0.493 e. The molecule has 2 N–H and O–H groups in total.